The SMILES string of the molecule is CN1CC(=O)N(c2cccnc2)CC12CCN(C(=O)c1csnn1)C2. The van der Waals surface area contributed by atoms with Crippen LogP contribution in [0.1, 0.15) is 16.9 Å². The fourth-order valence-electron chi connectivity index (χ4n) is 3.60. The van der Waals surface area contributed by atoms with Gasteiger partial charge in [-0.25, -0.2) is 0 Å². The molecule has 1 unspecified atom stereocenters. The van der Waals surface area contributed by atoms with Crippen molar-refractivity contribution in [1.82, 2.24) is 24.4 Å². The second-order valence-electron chi connectivity index (χ2n) is 6.54. The fourth-order valence-corrected chi connectivity index (χ4v) is 4.03. The summed E-state index contributed by atoms with van der Waals surface area (Å²) in [5.74, 6) is -0.0431. The summed E-state index contributed by atoms with van der Waals surface area (Å²) < 4.78 is 3.77. The topological polar surface area (TPSA) is 82.5 Å². The van der Waals surface area contributed by atoms with Gasteiger partial charge in [-0.15, -0.1) is 5.10 Å². The predicted molar refractivity (Wildman–Crippen MR) is 92.4 cm³/mol. The zero-order valence-corrected chi connectivity index (χ0v) is 14.6. The summed E-state index contributed by atoms with van der Waals surface area (Å²) >= 11 is 1.17. The van der Waals surface area contributed by atoms with Crippen LogP contribution >= 0.6 is 11.5 Å². The van der Waals surface area contributed by atoms with E-state index in [1.807, 2.05) is 24.1 Å². The smallest absolute Gasteiger partial charge is 0.275 e. The Bertz CT molecular complexity index is 783. The van der Waals surface area contributed by atoms with E-state index in [4.69, 9.17) is 0 Å². The number of aromatic nitrogens is 3. The molecule has 2 aromatic rings. The van der Waals surface area contributed by atoms with Crippen molar-refractivity contribution in [2.24, 2.45) is 0 Å². The molecule has 2 saturated heterocycles. The van der Waals surface area contributed by atoms with E-state index in [0.29, 0.717) is 31.9 Å². The molecule has 0 radical (unpaired) electrons. The van der Waals surface area contributed by atoms with E-state index >= 15 is 0 Å². The lowest BCUT2D eigenvalue weighted by atomic mass is 9.92. The maximum absolute atomic E-state index is 12.6. The van der Waals surface area contributed by atoms with Crippen molar-refractivity contribution < 1.29 is 9.59 Å². The number of carbonyl (C=O) groups excluding carboxylic acids is 2. The number of carbonyl (C=O) groups is 2. The van der Waals surface area contributed by atoms with E-state index in [1.54, 1.807) is 22.7 Å². The van der Waals surface area contributed by atoms with Crippen molar-refractivity contribution in [1.29, 1.82) is 0 Å². The molecular weight excluding hydrogens is 340 g/mol. The standard InChI is InChI=1S/C16H18N6O2S/c1-20-8-14(23)22(12-3-2-5-17-7-12)11-16(20)4-6-21(10-16)15(24)13-9-25-19-18-13/h2-3,5,7,9H,4,6,8,10-11H2,1H3. The Kier molecular flexibility index (Phi) is 3.97. The van der Waals surface area contributed by atoms with Gasteiger partial charge < -0.3 is 9.80 Å². The number of likely N-dealkylation sites (tertiary alicyclic amines) is 1. The van der Waals surface area contributed by atoms with Gasteiger partial charge in [-0.1, -0.05) is 4.49 Å². The van der Waals surface area contributed by atoms with Crippen LogP contribution in [0.25, 0.3) is 0 Å². The van der Waals surface area contributed by atoms with Crippen LogP contribution in [0, 0.1) is 0 Å². The molecule has 25 heavy (non-hydrogen) atoms. The Morgan fingerprint density at radius 3 is 2.96 bits per heavy atom. The summed E-state index contributed by atoms with van der Waals surface area (Å²) in [6, 6.07) is 3.72. The van der Waals surface area contributed by atoms with Crippen LogP contribution in [-0.4, -0.2) is 75.0 Å². The number of pyridine rings is 1. The lowest BCUT2D eigenvalue weighted by Crippen LogP contribution is -2.64. The Labute approximate surface area is 149 Å². The summed E-state index contributed by atoms with van der Waals surface area (Å²) in [7, 11) is 1.96. The zero-order valence-electron chi connectivity index (χ0n) is 13.8. The number of hydrogen-bond donors (Lipinski definition) is 0. The summed E-state index contributed by atoms with van der Waals surface area (Å²) in [4.78, 5) is 34.9. The monoisotopic (exact) mass is 358 g/mol. The number of rotatable bonds is 2. The molecule has 8 nitrogen and oxygen atoms in total. The van der Waals surface area contributed by atoms with E-state index in [0.717, 1.165) is 12.1 Å². The highest BCUT2D eigenvalue weighted by Crippen LogP contribution is 2.33. The predicted octanol–water partition coefficient (Wildman–Crippen LogP) is 0.496. The second-order valence-corrected chi connectivity index (χ2v) is 7.15. The highest BCUT2D eigenvalue weighted by Gasteiger charge is 2.49. The molecule has 0 bridgehead atoms. The molecule has 2 aliphatic rings. The minimum atomic E-state index is -0.247. The molecule has 0 saturated carbocycles. The van der Waals surface area contributed by atoms with Gasteiger partial charge in [0.15, 0.2) is 5.69 Å². The van der Waals surface area contributed by atoms with E-state index in [-0.39, 0.29) is 17.4 Å². The normalized spacial score (nSPS) is 24.3. The van der Waals surface area contributed by atoms with Gasteiger partial charge in [-0.3, -0.25) is 19.5 Å². The molecule has 2 aromatic heterocycles. The molecule has 2 fully saturated rings. The lowest BCUT2D eigenvalue weighted by Gasteiger charge is -2.46. The minimum Gasteiger partial charge on any atom is -0.335 e. The molecule has 1 spiro atoms. The quantitative estimate of drug-likeness (QED) is 0.777. The van der Waals surface area contributed by atoms with E-state index in [9.17, 15) is 9.59 Å². The van der Waals surface area contributed by atoms with Crippen LogP contribution in [0.4, 0.5) is 5.69 Å². The summed E-state index contributed by atoms with van der Waals surface area (Å²) in [6.45, 7) is 2.10. The number of anilines is 1. The van der Waals surface area contributed by atoms with Crippen molar-refractivity contribution >= 4 is 29.0 Å². The van der Waals surface area contributed by atoms with Crippen LogP contribution in [0.15, 0.2) is 29.9 Å². The van der Waals surface area contributed by atoms with Gasteiger partial charge in [0, 0.05) is 31.2 Å². The van der Waals surface area contributed by atoms with Crippen molar-refractivity contribution in [2.75, 3.05) is 38.1 Å². The molecule has 2 amide bonds. The molecule has 0 N–H and O–H groups in total. The molecule has 4 heterocycles. The second kappa shape index (κ2) is 6.16. The Hall–Kier alpha value is -2.39. The van der Waals surface area contributed by atoms with Crippen LogP contribution in [0.5, 0.6) is 0 Å². The number of piperazine rings is 1. The summed E-state index contributed by atoms with van der Waals surface area (Å²) in [5, 5.41) is 5.55. The highest BCUT2D eigenvalue weighted by molar-refractivity contribution is 7.03. The third-order valence-electron chi connectivity index (χ3n) is 5.09. The third-order valence-corrected chi connectivity index (χ3v) is 5.60. The van der Waals surface area contributed by atoms with Crippen LogP contribution in [0.3, 0.4) is 0 Å². The van der Waals surface area contributed by atoms with Crippen molar-refractivity contribution in [3.05, 3.63) is 35.6 Å². The first kappa shape index (κ1) is 16.1. The first-order chi connectivity index (χ1) is 12.1. The van der Waals surface area contributed by atoms with Gasteiger partial charge in [0.1, 0.15) is 0 Å². The average Bonchev–Trinajstić information content (AvgIpc) is 3.30. The van der Waals surface area contributed by atoms with Crippen molar-refractivity contribution in [3.8, 4) is 0 Å². The van der Waals surface area contributed by atoms with Gasteiger partial charge in [0.25, 0.3) is 5.91 Å². The molecule has 130 valence electrons. The van der Waals surface area contributed by atoms with Crippen LogP contribution in [-0.2, 0) is 4.79 Å². The van der Waals surface area contributed by atoms with Crippen molar-refractivity contribution in [3.63, 3.8) is 0 Å². The molecule has 4 rings (SSSR count). The van der Waals surface area contributed by atoms with Crippen LogP contribution < -0.4 is 4.90 Å². The maximum Gasteiger partial charge on any atom is 0.275 e. The molecule has 9 heteroatoms. The van der Waals surface area contributed by atoms with Gasteiger partial charge in [-0.05, 0) is 37.1 Å². The number of likely N-dealkylation sites (N-methyl/N-ethyl adjacent to an activating group) is 1. The zero-order chi connectivity index (χ0) is 17.4. The first-order valence-corrected chi connectivity index (χ1v) is 8.91. The Morgan fingerprint density at radius 1 is 1.36 bits per heavy atom. The maximum atomic E-state index is 12.6. The fraction of sp³-hybridized carbons (Fsp3) is 0.438. The molecule has 2 aliphatic heterocycles. The third kappa shape index (κ3) is 2.79. The summed E-state index contributed by atoms with van der Waals surface area (Å²) in [6.07, 6.45) is 4.21. The van der Waals surface area contributed by atoms with E-state index in [1.165, 1.54) is 11.5 Å². The lowest BCUT2D eigenvalue weighted by molar-refractivity contribution is -0.123. The Morgan fingerprint density at radius 2 is 2.24 bits per heavy atom. The largest absolute Gasteiger partial charge is 0.335 e. The van der Waals surface area contributed by atoms with Crippen molar-refractivity contribution in [2.45, 2.75) is 12.0 Å². The summed E-state index contributed by atoms with van der Waals surface area (Å²) in [5.41, 5.74) is 0.942. The number of hydrogen-bond acceptors (Lipinski definition) is 7. The van der Waals surface area contributed by atoms with E-state index < -0.39 is 0 Å². The minimum absolute atomic E-state index is 0.0506. The molecule has 0 aromatic carbocycles. The highest BCUT2D eigenvalue weighted by atomic mass is 32.1. The number of nitrogens with zero attached hydrogens (tertiary/aromatic N) is 6. The van der Waals surface area contributed by atoms with Gasteiger partial charge in [0.05, 0.1) is 24.0 Å². The number of amides is 2. The molecular formula is C16H18N6O2S. The Balaban J connectivity index is 1.56. The van der Waals surface area contributed by atoms with Gasteiger partial charge in [0.2, 0.25) is 5.91 Å². The molecule has 0 aliphatic carbocycles. The first-order valence-electron chi connectivity index (χ1n) is 8.07. The van der Waals surface area contributed by atoms with Gasteiger partial charge >= 0.3 is 0 Å². The van der Waals surface area contributed by atoms with Gasteiger partial charge in [-0.2, -0.15) is 0 Å². The molecule has 1 atom stereocenters. The average molecular weight is 358 g/mol. The van der Waals surface area contributed by atoms with E-state index in [2.05, 4.69) is 19.5 Å². The van der Waals surface area contributed by atoms with Crippen LogP contribution in [0.2, 0.25) is 0 Å².